The minimum absolute atomic E-state index is 0.201. The summed E-state index contributed by atoms with van der Waals surface area (Å²) in [6, 6.07) is 9.55. The topological polar surface area (TPSA) is 70.0 Å². The minimum atomic E-state index is -0.846. The zero-order valence-corrected chi connectivity index (χ0v) is 14.8. The first kappa shape index (κ1) is 18.2. The van der Waals surface area contributed by atoms with Gasteiger partial charge in [0.15, 0.2) is 0 Å². The summed E-state index contributed by atoms with van der Waals surface area (Å²) >= 11 is 0. The summed E-state index contributed by atoms with van der Waals surface area (Å²) in [4.78, 5) is 14.2. The highest BCUT2D eigenvalue weighted by molar-refractivity contribution is 5.68. The van der Waals surface area contributed by atoms with Crippen LogP contribution in [0.25, 0.3) is 0 Å². The molecule has 138 valence electrons. The molecule has 0 radical (unpaired) electrons. The molecule has 2 aliphatic carbocycles. The average Bonchev–Trinajstić information content (AvgIpc) is 3.22. The third kappa shape index (κ3) is 4.95. The third-order valence-electron chi connectivity index (χ3n) is 5.50. The van der Waals surface area contributed by atoms with Crippen LogP contribution < -0.4 is 0 Å². The van der Waals surface area contributed by atoms with Crippen molar-refractivity contribution < 1.29 is 19.7 Å². The normalized spacial score (nSPS) is 21.2. The third-order valence-corrected chi connectivity index (χ3v) is 5.50. The number of hydrogen-bond acceptors (Lipinski definition) is 4. The van der Waals surface area contributed by atoms with Crippen LogP contribution in [0.2, 0.25) is 0 Å². The maximum atomic E-state index is 12.7. The molecule has 0 heterocycles. The minimum Gasteiger partial charge on any atom is -0.445 e. The second kappa shape index (κ2) is 7.75. The molecular weight excluding hydrogens is 318 g/mol. The molecule has 1 aromatic rings. The summed E-state index contributed by atoms with van der Waals surface area (Å²) in [5.74, 6) is 0. The number of nitrogens with zero attached hydrogens (tertiary/aromatic N) is 1. The lowest BCUT2D eigenvalue weighted by atomic mass is 9.98. The quantitative estimate of drug-likeness (QED) is 0.829. The van der Waals surface area contributed by atoms with E-state index in [-0.39, 0.29) is 19.7 Å². The molecule has 2 N–H and O–H groups in total. The Kier molecular flexibility index (Phi) is 5.64. The molecule has 5 heteroatoms. The number of rotatable bonds is 6. The Hall–Kier alpha value is -1.59. The van der Waals surface area contributed by atoms with Gasteiger partial charge in [-0.2, -0.15) is 0 Å². The van der Waals surface area contributed by atoms with E-state index in [4.69, 9.17) is 4.74 Å². The van der Waals surface area contributed by atoms with Gasteiger partial charge in [-0.25, -0.2) is 4.79 Å². The zero-order valence-electron chi connectivity index (χ0n) is 14.8. The largest absolute Gasteiger partial charge is 0.445 e. The summed E-state index contributed by atoms with van der Waals surface area (Å²) in [5, 5.41) is 21.4. The Balaban J connectivity index is 1.64. The monoisotopic (exact) mass is 347 g/mol. The fraction of sp³-hybridized carbons (Fsp3) is 0.650. The van der Waals surface area contributed by atoms with Crippen LogP contribution in [0, 0.1) is 0 Å². The van der Waals surface area contributed by atoms with Crippen molar-refractivity contribution in [2.45, 2.75) is 69.2 Å². The Bertz CT molecular complexity index is 538. The van der Waals surface area contributed by atoms with Gasteiger partial charge in [-0.05, 0) is 31.2 Å². The van der Waals surface area contributed by atoms with E-state index < -0.39 is 17.3 Å². The van der Waals surface area contributed by atoms with Gasteiger partial charge in [0.25, 0.3) is 0 Å². The van der Waals surface area contributed by atoms with Crippen LogP contribution in [0.4, 0.5) is 4.79 Å². The molecule has 25 heavy (non-hydrogen) atoms. The molecule has 0 atom stereocenters. The fourth-order valence-electron chi connectivity index (χ4n) is 4.09. The Labute approximate surface area is 149 Å². The van der Waals surface area contributed by atoms with Crippen molar-refractivity contribution in [3.05, 3.63) is 35.9 Å². The SMILES string of the molecule is O=C(OCc1ccccc1)N(CC1(O)CCCC1)CC1(O)CCCC1. The molecule has 3 rings (SSSR count). The number of carbonyl (C=O) groups excluding carboxylic acids is 1. The Morgan fingerprint density at radius 1 is 0.920 bits per heavy atom. The van der Waals surface area contributed by atoms with Crippen LogP contribution in [0.5, 0.6) is 0 Å². The Morgan fingerprint density at radius 3 is 1.88 bits per heavy atom. The molecule has 0 bridgehead atoms. The second-order valence-electron chi connectivity index (χ2n) is 7.76. The molecule has 2 aliphatic rings. The van der Waals surface area contributed by atoms with E-state index in [1.54, 1.807) is 0 Å². The van der Waals surface area contributed by atoms with Gasteiger partial charge < -0.3 is 19.8 Å². The molecule has 2 saturated carbocycles. The van der Waals surface area contributed by atoms with Crippen LogP contribution in [-0.2, 0) is 11.3 Å². The van der Waals surface area contributed by atoms with Gasteiger partial charge in [0.1, 0.15) is 6.61 Å². The van der Waals surface area contributed by atoms with Gasteiger partial charge in [0, 0.05) is 0 Å². The number of carbonyl (C=O) groups is 1. The molecule has 2 fully saturated rings. The smallest absolute Gasteiger partial charge is 0.410 e. The van der Waals surface area contributed by atoms with E-state index in [1.807, 2.05) is 30.3 Å². The van der Waals surface area contributed by atoms with Crippen molar-refractivity contribution in [3.8, 4) is 0 Å². The van der Waals surface area contributed by atoms with Crippen LogP contribution in [0.1, 0.15) is 56.9 Å². The van der Waals surface area contributed by atoms with Crippen LogP contribution in [0.3, 0.4) is 0 Å². The van der Waals surface area contributed by atoms with Gasteiger partial charge in [-0.1, -0.05) is 56.0 Å². The lowest BCUT2D eigenvalue weighted by Gasteiger charge is -2.35. The van der Waals surface area contributed by atoms with E-state index >= 15 is 0 Å². The van der Waals surface area contributed by atoms with E-state index in [0.717, 1.165) is 31.2 Å². The first-order chi connectivity index (χ1) is 12.0. The lowest BCUT2D eigenvalue weighted by molar-refractivity contribution is -0.0327. The number of aliphatic hydroxyl groups is 2. The van der Waals surface area contributed by atoms with Crippen LogP contribution in [-0.4, -0.2) is 45.5 Å². The first-order valence-electron chi connectivity index (χ1n) is 9.39. The van der Waals surface area contributed by atoms with Crippen molar-refractivity contribution in [3.63, 3.8) is 0 Å². The van der Waals surface area contributed by atoms with Gasteiger partial charge in [-0.3, -0.25) is 0 Å². The van der Waals surface area contributed by atoms with E-state index in [2.05, 4.69) is 0 Å². The molecule has 5 nitrogen and oxygen atoms in total. The predicted octanol–water partition coefficient (Wildman–Crippen LogP) is 3.24. The van der Waals surface area contributed by atoms with Crippen molar-refractivity contribution >= 4 is 6.09 Å². The fourth-order valence-corrected chi connectivity index (χ4v) is 4.09. The van der Waals surface area contributed by atoms with Gasteiger partial charge >= 0.3 is 6.09 Å². The highest BCUT2D eigenvalue weighted by atomic mass is 16.6. The Morgan fingerprint density at radius 2 is 1.40 bits per heavy atom. The molecule has 0 saturated heterocycles. The molecule has 0 aromatic heterocycles. The average molecular weight is 347 g/mol. The van der Waals surface area contributed by atoms with Gasteiger partial charge in [-0.15, -0.1) is 0 Å². The summed E-state index contributed by atoms with van der Waals surface area (Å²) < 4.78 is 5.47. The molecular formula is C20H29NO4. The summed E-state index contributed by atoms with van der Waals surface area (Å²) in [5.41, 5.74) is -0.767. The molecule has 0 unspecified atom stereocenters. The van der Waals surface area contributed by atoms with Crippen molar-refractivity contribution in [2.24, 2.45) is 0 Å². The van der Waals surface area contributed by atoms with E-state index in [1.165, 1.54) is 4.90 Å². The number of ether oxygens (including phenoxy) is 1. The molecule has 0 aliphatic heterocycles. The maximum absolute atomic E-state index is 12.7. The number of hydrogen-bond donors (Lipinski definition) is 2. The summed E-state index contributed by atoms with van der Waals surface area (Å²) in [7, 11) is 0. The predicted molar refractivity (Wildman–Crippen MR) is 95.0 cm³/mol. The molecule has 1 aromatic carbocycles. The van der Waals surface area contributed by atoms with Crippen LogP contribution >= 0.6 is 0 Å². The first-order valence-corrected chi connectivity index (χ1v) is 9.39. The zero-order chi connectivity index (χ0) is 17.8. The van der Waals surface area contributed by atoms with Crippen molar-refractivity contribution in [1.29, 1.82) is 0 Å². The maximum Gasteiger partial charge on any atom is 0.410 e. The number of amides is 1. The van der Waals surface area contributed by atoms with Gasteiger partial charge in [0.05, 0.1) is 24.3 Å². The van der Waals surface area contributed by atoms with Gasteiger partial charge in [0.2, 0.25) is 0 Å². The standard InChI is InChI=1S/C20H29NO4/c22-18(25-14-17-8-2-1-3-9-17)21(15-19(23)10-4-5-11-19)16-20(24)12-6-7-13-20/h1-3,8-9,23-24H,4-7,10-16H2. The second-order valence-corrected chi connectivity index (χ2v) is 7.76. The van der Waals surface area contributed by atoms with Crippen LogP contribution in [0.15, 0.2) is 30.3 Å². The van der Waals surface area contributed by atoms with Crippen molar-refractivity contribution in [2.75, 3.05) is 13.1 Å². The summed E-state index contributed by atoms with van der Waals surface area (Å²) in [6.45, 7) is 0.679. The van der Waals surface area contributed by atoms with E-state index in [0.29, 0.717) is 25.7 Å². The summed E-state index contributed by atoms with van der Waals surface area (Å²) in [6.07, 6.45) is 6.27. The number of benzene rings is 1. The molecule has 0 spiro atoms. The highest BCUT2D eigenvalue weighted by Gasteiger charge is 2.40. The van der Waals surface area contributed by atoms with Crippen molar-refractivity contribution in [1.82, 2.24) is 4.90 Å². The molecule has 1 amide bonds. The lowest BCUT2D eigenvalue weighted by Crippen LogP contribution is -2.50. The van der Waals surface area contributed by atoms with E-state index in [9.17, 15) is 15.0 Å². The highest BCUT2D eigenvalue weighted by Crippen LogP contribution is 2.34.